The van der Waals surface area contributed by atoms with Crippen LogP contribution >= 0.6 is 15.9 Å². The van der Waals surface area contributed by atoms with Crippen LogP contribution in [0.1, 0.15) is 38.2 Å². The Hall–Kier alpha value is -0.870. The van der Waals surface area contributed by atoms with Gasteiger partial charge in [0.15, 0.2) is 0 Å². The number of carbonyl (C=O) groups is 1. The monoisotopic (exact) mass is 352 g/mol. The molecule has 1 fully saturated rings. The van der Waals surface area contributed by atoms with Crippen molar-refractivity contribution in [3.8, 4) is 0 Å². The van der Waals surface area contributed by atoms with Crippen LogP contribution in [0, 0.1) is 11.8 Å². The standard InChI is InChI=1S/C17H25BrN2O/c1-2-12(8-13-4-3-5-15(18)9-13)11-20-17(21)14-6-7-16(19)10-14/h3-5,9,12,14,16H,2,6-8,10-11,19H2,1H3,(H,20,21). The molecule has 0 bridgehead atoms. The Kier molecular flexibility index (Phi) is 6.24. The zero-order chi connectivity index (χ0) is 15.2. The molecule has 1 aliphatic rings. The van der Waals surface area contributed by atoms with Crippen molar-refractivity contribution in [3.63, 3.8) is 0 Å². The summed E-state index contributed by atoms with van der Waals surface area (Å²) in [5.41, 5.74) is 7.19. The molecule has 0 heterocycles. The van der Waals surface area contributed by atoms with Crippen molar-refractivity contribution in [2.45, 2.75) is 45.1 Å². The van der Waals surface area contributed by atoms with Crippen molar-refractivity contribution in [3.05, 3.63) is 34.3 Å². The van der Waals surface area contributed by atoms with Crippen molar-refractivity contribution >= 4 is 21.8 Å². The van der Waals surface area contributed by atoms with Gasteiger partial charge in [-0.3, -0.25) is 4.79 Å². The average molecular weight is 353 g/mol. The highest BCUT2D eigenvalue weighted by Gasteiger charge is 2.27. The Morgan fingerprint density at radius 2 is 2.29 bits per heavy atom. The molecule has 116 valence electrons. The van der Waals surface area contributed by atoms with Crippen LogP contribution in [0.5, 0.6) is 0 Å². The van der Waals surface area contributed by atoms with Crippen LogP contribution in [-0.2, 0) is 11.2 Å². The predicted octanol–water partition coefficient (Wildman–Crippen LogP) is 3.26. The van der Waals surface area contributed by atoms with Crippen molar-refractivity contribution in [2.24, 2.45) is 17.6 Å². The van der Waals surface area contributed by atoms with Gasteiger partial charge in [-0.25, -0.2) is 0 Å². The van der Waals surface area contributed by atoms with E-state index in [4.69, 9.17) is 5.73 Å². The highest BCUT2D eigenvalue weighted by atomic mass is 79.9. The fourth-order valence-electron chi connectivity index (χ4n) is 3.00. The van der Waals surface area contributed by atoms with E-state index in [1.807, 2.05) is 6.07 Å². The smallest absolute Gasteiger partial charge is 0.223 e. The molecular formula is C17H25BrN2O. The van der Waals surface area contributed by atoms with Crippen LogP contribution in [0.2, 0.25) is 0 Å². The summed E-state index contributed by atoms with van der Waals surface area (Å²) in [6.07, 6.45) is 4.83. The largest absolute Gasteiger partial charge is 0.356 e. The first-order valence-corrected chi connectivity index (χ1v) is 8.65. The zero-order valence-corrected chi connectivity index (χ0v) is 14.2. The summed E-state index contributed by atoms with van der Waals surface area (Å²) in [6.45, 7) is 2.94. The second-order valence-electron chi connectivity index (χ2n) is 6.12. The molecule has 3 atom stereocenters. The van der Waals surface area contributed by atoms with Crippen molar-refractivity contribution in [2.75, 3.05) is 6.54 Å². The highest BCUT2D eigenvalue weighted by molar-refractivity contribution is 9.10. The fourth-order valence-corrected chi connectivity index (χ4v) is 3.45. The third-order valence-corrected chi connectivity index (χ3v) is 4.89. The number of rotatable bonds is 6. The minimum atomic E-state index is 0.128. The number of nitrogens with two attached hydrogens (primary N) is 1. The molecule has 21 heavy (non-hydrogen) atoms. The molecule has 4 heteroatoms. The summed E-state index contributed by atoms with van der Waals surface area (Å²) in [5, 5.41) is 3.12. The Morgan fingerprint density at radius 3 is 2.90 bits per heavy atom. The number of amides is 1. The van der Waals surface area contributed by atoms with Crippen LogP contribution in [-0.4, -0.2) is 18.5 Å². The average Bonchev–Trinajstić information content (AvgIpc) is 2.90. The molecule has 1 aromatic carbocycles. The van der Waals surface area contributed by atoms with Crippen LogP contribution in [0.25, 0.3) is 0 Å². The Bertz CT molecular complexity index is 478. The molecule has 0 saturated heterocycles. The summed E-state index contributed by atoms with van der Waals surface area (Å²) in [5.74, 6) is 0.803. The second-order valence-corrected chi connectivity index (χ2v) is 7.04. The van der Waals surface area contributed by atoms with E-state index in [-0.39, 0.29) is 17.9 Å². The minimum absolute atomic E-state index is 0.128. The first-order chi connectivity index (χ1) is 10.1. The lowest BCUT2D eigenvalue weighted by Gasteiger charge is -2.18. The fraction of sp³-hybridized carbons (Fsp3) is 0.588. The number of halogens is 1. The maximum absolute atomic E-state index is 12.1. The molecule has 1 aliphatic carbocycles. The van der Waals surface area contributed by atoms with E-state index in [1.165, 1.54) is 5.56 Å². The first-order valence-electron chi connectivity index (χ1n) is 7.86. The SMILES string of the molecule is CCC(CNC(=O)C1CCC(N)C1)Cc1cccc(Br)c1. The van der Waals surface area contributed by atoms with Gasteiger partial charge in [-0.15, -0.1) is 0 Å². The molecule has 2 rings (SSSR count). The van der Waals surface area contributed by atoms with Gasteiger partial charge in [-0.05, 0) is 49.3 Å². The van der Waals surface area contributed by atoms with Gasteiger partial charge in [0, 0.05) is 23.0 Å². The topological polar surface area (TPSA) is 55.1 Å². The normalized spacial score (nSPS) is 23.0. The van der Waals surface area contributed by atoms with Crippen LogP contribution in [0.4, 0.5) is 0 Å². The molecule has 1 amide bonds. The van der Waals surface area contributed by atoms with Crippen molar-refractivity contribution in [1.29, 1.82) is 0 Å². The van der Waals surface area contributed by atoms with E-state index >= 15 is 0 Å². The predicted molar refractivity (Wildman–Crippen MR) is 90.0 cm³/mol. The van der Waals surface area contributed by atoms with E-state index in [0.717, 1.165) is 43.1 Å². The molecule has 0 spiro atoms. The van der Waals surface area contributed by atoms with Gasteiger partial charge in [0.25, 0.3) is 0 Å². The number of benzene rings is 1. The zero-order valence-electron chi connectivity index (χ0n) is 12.6. The first kappa shape index (κ1) is 16.5. The molecule has 0 aliphatic heterocycles. The third-order valence-electron chi connectivity index (χ3n) is 4.40. The Balaban J connectivity index is 1.81. The van der Waals surface area contributed by atoms with Gasteiger partial charge < -0.3 is 11.1 Å². The lowest BCUT2D eigenvalue weighted by Crippen LogP contribution is -2.34. The van der Waals surface area contributed by atoms with Crippen molar-refractivity contribution < 1.29 is 4.79 Å². The van der Waals surface area contributed by atoms with E-state index in [9.17, 15) is 4.79 Å². The van der Waals surface area contributed by atoms with E-state index in [2.05, 4.69) is 46.4 Å². The van der Waals surface area contributed by atoms with E-state index < -0.39 is 0 Å². The summed E-state index contributed by atoms with van der Waals surface area (Å²) in [7, 11) is 0. The number of hydrogen-bond acceptors (Lipinski definition) is 2. The van der Waals surface area contributed by atoms with Crippen LogP contribution in [0.15, 0.2) is 28.7 Å². The van der Waals surface area contributed by atoms with Gasteiger partial charge in [0.1, 0.15) is 0 Å². The Morgan fingerprint density at radius 1 is 1.48 bits per heavy atom. The van der Waals surface area contributed by atoms with Gasteiger partial charge in [0.05, 0.1) is 0 Å². The summed E-state index contributed by atoms with van der Waals surface area (Å²) < 4.78 is 1.11. The highest BCUT2D eigenvalue weighted by Crippen LogP contribution is 2.24. The number of nitrogens with one attached hydrogen (secondary N) is 1. The second kappa shape index (κ2) is 7.95. The lowest BCUT2D eigenvalue weighted by atomic mass is 9.96. The quantitative estimate of drug-likeness (QED) is 0.825. The summed E-state index contributed by atoms with van der Waals surface area (Å²) in [4.78, 5) is 12.1. The maximum Gasteiger partial charge on any atom is 0.223 e. The molecule has 3 unspecified atom stereocenters. The summed E-state index contributed by atoms with van der Waals surface area (Å²) in [6, 6.07) is 8.61. The van der Waals surface area contributed by atoms with E-state index in [1.54, 1.807) is 0 Å². The molecule has 1 aromatic rings. The Labute approximate surface area is 135 Å². The molecular weight excluding hydrogens is 328 g/mol. The van der Waals surface area contributed by atoms with Gasteiger partial charge in [-0.2, -0.15) is 0 Å². The molecule has 3 N–H and O–H groups in total. The number of hydrogen-bond donors (Lipinski definition) is 2. The molecule has 0 aromatic heterocycles. The van der Waals surface area contributed by atoms with Gasteiger partial charge in [0.2, 0.25) is 5.91 Å². The maximum atomic E-state index is 12.1. The lowest BCUT2D eigenvalue weighted by molar-refractivity contribution is -0.125. The molecule has 0 radical (unpaired) electrons. The van der Waals surface area contributed by atoms with Crippen LogP contribution in [0.3, 0.4) is 0 Å². The van der Waals surface area contributed by atoms with E-state index in [0.29, 0.717) is 5.92 Å². The van der Waals surface area contributed by atoms with Gasteiger partial charge >= 0.3 is 0 Å². The number of carbonyl (C=O) groups excluding carboxylic acids is 1. The molecule has 3 nitrogen and oxygen atoms in total. The van der Waals surface area contributed by atoms with Crippen LogP contribution < -0.4 is 11.1 Å². The van der Waals surface area contributed by atoms with Gasteiger partial charge in [-0.1, -0.05) is 41.4 Å². The van der Waals surface area contributed by atoms with Crippen molar-refractivity contribution in [1.82, 2.24) is 5.32 Å². The third kappa shape index (κ3) is 5.11. The summed E-state index contributed by atoms with van der Waals surface area (Å²) >= 11 is 3.50. The minimum Gasteiger partial charge on any atom is -0.356 e. The molecule has 1 saturated carbocycles.